The number of carbonyl (C=O) groups is 12. The summed E-state index contributed by atoms with van der Waals surface area (Å²) >= 11 is 9.02. The topological polar surface area (TPSA) is 279 Å². The lowest BCUT2D eigenvalue weighted by atomic mass is 9.83. The maximum Gasteiger partial charge on any atom is 0.246 e. The van der Waals surface area contributed by atoms with Crippen molar-refractivity contribution in [3.63, 3.8) is 0 Å². The second-order valence-electron chi connectivity index (χ2n) is 30.5. The van der Waals surface area contributed by atoms with Gasteiger partial charge in [-0.05, 0) is 139 Å². The number of rotatable bonds is 13. The Hall–Kier alpha value is -5.34. The average molecular weight is 1500 g/mol. The Morgan fingerprint density at radius 2 is 1.08 bits per heavy atom. The van der Waals surface area contributed by atoms with Crippen LogP contribution in [0, 0.1) is 35.5 Å². The first-order valence-electron chi connectivity index (χ1n) is 36.1. The van der Waals surface area contributed by atoms with Gasteiger partial charge in [0.15, 0.2) is 0 Å². The SMILES string of the molecule is CC[C@H](C)[C@@H]1NC(=O)[C@H](CC(C)C)N(C)C(=O)C[C@@H](C(=O)N2CCCCC2)N(C)C(=O)[C@H](CC(C)C)NC(=O)C(C)(C)N(C)C(=O)[C@H](CC2CCC(Cl)CC2)NC(=O)[C@H](CC2CCCC(I)C2)NC(=O)CN(C)C(=O)[C@H](CC2CCCCC2)N(C)C(=O)CN(C)C(=O)CN(C)C1=O. The molecule has 0 radical (unpaired) electrons. The van der Waals surface area contributed by atoms with Crippen molar-refractivity contribution in [1.29, 1.82) is 0 Å². The first-order chi connectivity index (χ1) is 45.6. The van der Waals surface area contributed by atoms with Gasteiger partial charge in [0.2, 0.25) is 70.9 Å². The minimum atomic E-state index is -1.68. The molecule has 3 aliphatic carbocycles. The van der Waals surface area contributed by atoms with Gasteiger partial charge in [0.25, 0.3) is 0 Å². The van der Waals surface area contributed by atoms with Gasteiger partial charge in [-0.25, -0.2) is 0 Å². The van der Waals surface area contributed by atoms with Crippen molar-refractivity contribution in [3.8, 4) is 0 Å². The van der Waals surface area contributed by atoms with Gasteiger partial charge < -0.3 is 60.5 Å². The highest BCUT2D eigenvalue weighted by molar-refractivity contribution is 14.1. The van der Waals surface area contributed by atoms with Gasteiger partial charge >= 0.3 is 0 Å². The van der Waals surface area contributed by atoms with E-state index >= 15 is 19.2 Å². The average Bonchev–Trinajstić information content (AvgIpc) is 0.820. The van der Waals surface area contributed by atoms with Crippen molar-refractivity contribution >= 4 is 105 Å². The summed E-state index contributed by atoms with van der Waals surface area (Å²) in [5, 5.41) is 11.8. The fourth-order valence-corrected chi connectivity index (χ4v) is 15.9. The molecule has 2 heterocycles. The summed E-state index contributed by atoms with van der Waals surface area (Å²) in [6, 6.07) is -8.34. The maximum atomic E-state index is 15.4. The van der Waals surface area contributed by atoms with E-state index in [1.165, 1.54) is 83.6 Å². The monoisotopic (exact) mass is 1490 g/mol. The van der Waals surface area contributed by atoms with Crippen LogP contribution < -0.4 is 21.3 Å². The predicted molar refractivity (Wildman–Crippen MR) is 382 cm³/mol. The highest BCUT2D eigenvalue weighted by Gasteiger charge is 2.45. The molecule has 5 aliphatic rings. The quantitative estimate of drug-likeness (QED) is 0.120. The van der Waals surface area contributed by atoms with Crippen molar-refractivity contribution in [3.05, 3.63) is 0 Å². The Morgan fingerprint density at radius 1 is 0.526 bits per heavy atom. The molecule has 10 atom stereocenters. The Morgan fingerprint density at radius 3 is 1.68 bits per heavy atom. The second-order valence-corrected chi connectivity index (χ2v) is 32.9. The number of alkyl halides is 2. The Bertz CT molecular complexity index is 2720. The number of amides is 12. The molecule has 0 bridgehead atoms. The van der Waals surface area contributed by atoms with Crippen LogP contribution in [0.1, 0.15) is 203 Å². The van der Waals surface area contributed by atoms with Crippen molar-refractivity contribution in [1.82, 2.24) is 60.5 Å². The van der Waals surface area contributed by atoms with Gasteiger partial charge in [-0.15, -0.1) is 11.6 Å². The van der Waals surface area contributed by atoms with Crippen molar-refractivity contribution in [2.24, 2.45) is 35.5 Å². The van der Waals surface area contributed by atoms with Crippen LogP contribution in [0.3, 0.4) is 0 Å². The van der Waals surface area contributed by atoms with Gasteiger partial charge in [-0.1, -0.05) is 115 Å². The number of piperidine rings is 1. The zero-order chi connectivity index (χ0) is 72.3. The summed E-state index contributed by atoms with van der Waals surface area (Å²) in [6.45, 7) is 13.6. The van der Waals surface area contributed by atoms with E-state index in [1.54, 1.807) is 25.7 Å². The Kier molecular flexibility index (Phi) is 32.6. The molecule has 0 spiro atoms. The second kappa shape index (κ2) is 38.5. The van der Waals surface area contributed by atoms with Crippen molar-refractivity contribution < 1.29 is 57.5 Å². The maximum absolute atomic E-state index is 15.4. The van der Waals surface area contributed by atoms with Crippen LogP contribution in [-0.4, -0.2) is 249 Å². The largest absolute Gasteiger partial charge is 0.343 e. The van der Waals surface area contributed by atoms with Gasteiger partial charge in [0.1, 0.15) is 47.8 Å². The minimum absolute atomic E-state index is 0.0349. The molecule has 3 saturated carbocycles. The summed E-state index contributed by atoms with van der Waals surface area (Å²) in [7, 11) is 10.2. The van der Waals surface area contributed by atoms with Crippen molar-refractivity contribution in [2.45, 2.75) is 260 Å². The number of nitrogens with one attached hydrogen (secondary N) is 4. The summed E-state index contributed by atoms with van der Waals surface area (Å²) < 4.78 is 0.340. The third-order valence-corrected chi connectivity index (χ3v) is 23.0. The van der Waals surface area contributed by atoms with Gasteiger partial charge in [-0.3, -0.25) is 57.5 Å². The number of likely N-dealkylation sites (N-methyl/N-ethyl adjacent to an activating group) is 7. The Labute approximate surface area is 597 Å². The van der Waals surface area contributed by atoms with E-state index in [1.807, 2.05) is 34.6 Å². The molecule has 12 amide bonds. The summed E-state index contributed by atoms with van der Waals surface area (Å²) in [5.74, 6) is -7.94. The molecule has 2 saturated heterocycles. The van der Waals surface area contributed by atoms with Crippen molar-refractivity contribution in [2.75, 3.05) is 82.1 Å². The number of likely N-dealkylation sites (tertiary alicyclic amines) is 1. The first-order valence-corrected chi connectivity index (χ1v) is 37.8. The Balaban J connectivity index is 1.61. The molecule has 5 rings (SSSR count). The van der Waals surface area contributed by atoms with E-state index in [4.69, 9.17) is 11.6 Å². The van der Waals surface area contributed by atoms with Crippen LogP contribution >= 0.6 is 34.2 Å². The molecule has 2 aliphatic heterocycles. The highest BCUT2D eigenvalue weighted by atomic mass is 127. The minimum Gasteiger partial charge on any atom is -0.343 e. The molecule has 550 valence electrons. The van der Waals surface area contributed by atoms with Crippen LogP contribution in [-0.2, 0) is 57.5 Å². The molecule has 5 fully saturated rings. The first kappa shape index (κ1) is 82.3. The molecule has 0 aromatic heterocycles. The predicted octanol–water partition coefficient (Wildman–Crippen LogP) is 6.12. The fourth-order valence-electron chi connectivity index (χ4n) is 14.5. The van der Waals surface area contributed by atoms with Crippen LogP contribution in [0.2, 0.25) is 0 Å². The lowest BCUT2D eigenvalue weighted by molar-refractivity contribution is -0.152. The number of carbonyl (C=O) groups excluding carboxylic acids is 12. The van der Waals surface area contributed by atoms with E-state index < -0.39 is 151 Å². The molecule has 4 N–H and O–H groups in total. The zero-order valence-corrected chi connectivity index (χ0v) is 64.1. The molecular formula is C71H120ClIN12O12. The van der Waals surface area contributed by atoms with E-state index in [0.717, 1.165) is 64.2 Å². The van der Waals surface area contributed by atoms with Crippen LogP contribution in [0.4, 0.5) is 0 Å². The summed E-state index contributed by atoms with van der Waals surface area (Å²) in [4.78, 5) is 188. The number of nitrogens with zero attached hydrogens (tertiary/aromatic N) is 8. The smallest absolute Gasteiger partial charge is 0.246 e. The van der Waals surface area contributed by atoms with Crippen LogP contribution in [0.5, 0.6) is 0 Å². The number of halogens is 2. The number of hydrogen-bond acceptors (Lipinski definition) is 12. The van der Waals surface area contributed by atoms with Gasteiger partial charge in [0, 0.05) is 71.7 Å². The fraction of sp³-hybridized carbons (Fsp3) is 0.831. The van der Waals surface area contributed by atoms with Gasteiger partial charge in [0.05, 0.1) is 26.1 Å². The lowest BCUT2D eigenvalue weighted by Gasteiger charge is -2.40. The molecule has 24 nitrogen and oxygen atoms in total. The highest BCUT2D eigenvalue weighted by Crippen LogP contribution is 2.35. The van der Waals surface area contributed by atoms with E-state index in [-0.39, 0.29) is 60.6 Å². The molecule has 97 heavy (non-hydrogen) atoms. The van der Waals surface area contributed by atoms with Crippen LogP contribution in [0.25, 0.3) is 0 Å². The lowest BCUT2D eigenvalue weighted by Crippen LogP contribution is -2.64. The molecular weight excluding hydrogens is 1380 g/mol. The third-order valence-electron chi connectivity index (χ3n) is 21.4. The normalized spacial score (nSPS) is 29.8. The number of hydrogen-bond donors (Lipinski definition) is 4. The molecule has 26 heteroatoms. The van der Waals surface area contributed by atoms with E-state index in [0.29, 0.717) is 68.4 Å². The summed E-state index contributed by atoms with van der Waals surface area (Å²) in [6.07, 6.45) is 14.1. The molecule has 2 unspecified atom stereocenters. The molecule has 0 aromatic rings. The molecule has 0 aromatic carbocycles. The third kappa shape index (κ3) is 23.9. The zero-order valence-electron chi connectivity index (χ0n) is 61.2. The van der Waals surface area contributed by atoms with E-state index in [9.17, 15) is 38.4 Å². The van der Waals surface area contributed by atoms with Crippen LogP contribution in [0.15, 0.2) is 0 Å². The van der Waals surface area contributed by atoms with E-state index in [2.05, 4.69) is 43.9 Å². The van der Waals surface area contributed by atoms with Gasteiger partial charge in [-0.2, -0.15) is 0 Å². The standard InChI is InChI=1S/C71H120ClIN12O12/c1-16-46(6)62-69(96)80(11)42-60(88)78(9)43-61(89)82(13)56(39-47-24-19-17-20-25-47)67(94)79(10)41-58(86)74-52(38-49-26-23-27-51(73)36-49)63(90)75-54(37-48-28-30-50(72)31-29-48)66(93)84(15)71(7,8)70(97)76-53(34-44(2)3)65(92)83(14)57(68(95)85-32-21-18-22-33-85)40-59(87)81(12)55(35-45(4)5)64(91)77-62/h44-57,62H,16-43H2,1-15H3,(H,74,86)(H,75,90)(H,76,97)(H,77,91)/t46-,48?,49?,50?,51?,52-,53-,54-,55-,56-,57-,62-/m0/s1. The summed E-state index contributed by atoms with van der Waals surface area (Å²) in [5.41, 5.74) is -1.68.